The Morgan fingerprint density at radius 2 is 2.40 bits per heavy atom. The lowest BCUT2D eigenvalue weighted by Crippen LogP contribution is -2.41. The predicted octanol–water partition coefficient (Wildman–Crippen LogP) is 2.37. The van der Waals surface area contributed by atoms with Gasteiger partial charge in [0.15, 0.2) is 0 Å². The van der Waals surface area contributed by atoms with Gasteiger partial charge in [-0.05, 0) is 54.8 Å². The molecule has 1 nitrogen and oxygen atoms in total. The normalized spacial score (nSPS) is 33.5. The van der Waals surface area contributed by atoms with Gasteiger partial charge in [0, 0.05) is 6.54 Å². The van der Waals surface area contributed by atoms with E-state index in [1.54, 1.807) is 6.07 Å². The van der Waals surface area contributed by atoms with Crippen molar-refractivity contribution in [2.75, 3.05) is 13.1 Å². The van der Waals surface area contributed by atoms with Gasteiger partial charge in [-0.3, -0.25) is 0 Å². The molecular weight excluding hydrogens is 189 g/mol. The van der Waals surface area contributed by atoms with Gasteiger partial charge in [-0.25, -0.2) is 4.39 Å². The van der Waals surface area contributed by atoms with Crippen molar-refractivity contribution in [1.82, 2.24) is 5.32 Å². The van der Waals surface area contributed by atoms with Crippen molar-refractivity contribution < 1.29 is 4.39 Å². The van der Waals surface area contributed by atoms with E-state index in [1.807, 2.05) is 12.1 Å². The molecule has 2 heteroatoms. The molecule has 80 valence electrons. The Bertz CT molecular complexity index is 377. The summed E-state index contributed by atoms with van der Waals surface area (Å²) in [6.07, 6.45) is 3.70. The first-order chi connectivity index (χ1) is 7.28. The number of hydrogen-bond acceptors (Lipinski definition) is 1. The van der Waals surface area contributed by atoms with Crippen LogP contribution >= 0.6 is 0 Å². The number of rotatable bonds is 2. The van der Waals surface area contributed by atoms with Crippen LogP contribution in [0.15, 0.2) is 24.3 Å². The third-order valence-corrected chi connectivity index (χ3v) is 4.17. The maximum Gasteiger partial charge on any atom is 0.123 e. The third-order valence-electron chi connectivity index (χ3n) is 4.17. The average Bonchev–Trinajstić information content (AvgIpc) is 2.45. The summed E-state index contributed by atoms with van der Waals surface area (Å²) in [4.78, 5) is 0. The molecule has 1 saturated carbocycles. The summed E-state index contributed by atoms with van der Waals surface area (Å²) in [6.45, 7) is 2.28. The molecule has 0 radical (unpaired) electrons. The summed E-state index contributed by atoms with van der Waals surface area (Å²) in [5.74, 6) is 0.728. The van der Waals surface area contributed by atoms with Gasteiger partial charge in [0.25, 0.3) is 0 Å². The zero-order chi connectivity index (χ0) is 10.3. The first-order valence-corrected chi connectivity index (χ1v) is 5.74. The molecule has 0 aromatic heterocycles. The van der Waals surface area contributed by atoms with E-state index >= 15 is 0 Å². The molecule has 1 aromatic carbocycles. The molecule has 0 bridgehead atoms. The largest absolute Gasteiger partial charge is 0.316 e. The van der Waals surface area contributed by atoms with Gasteiger partial charge in [0.1, 0.15) is 5.82 Å². The molecule has 3 rings (SSSR count). The number of halogens is 1. The van der Waals surface area contributed by atoms with E-state index in [2.05, 4.69) is 5.32 Å². The summed E-state index contributed by atoms with van der Waals surface area (Å²) in [7, 11) is 0. The quantitative estimate of drug-likeness (QED) is 0.781. The van der Waals surface area contributed by atoms with Crippen LogP contribution in [0.2, 0.25) is 0 Å². The monoisotopic (exact) mass is 205 g/mol. The second-order valence-corrected chi connectivity index (χ2v) is 5.04. The second-order valence-electron chi connectivity index (χ2n) is 5.04. The van der Waals surface area contributed by atoms with Crippen LogP contribution in [0.4, 0.5) is 4.39 Å². The highest BCUT2D eigenvalue weighted by Crippen LogP contribution is 2.51. The van der Waals surface area contributed by atoms with Crippen LogP contribution in [0.25, 0.3) is 0 Å². The van der Waals surface area contributed by atoms with Crippen molar-refractivity contribution in [2.24, 2.45) is 11.3 Å². The van der Waals surface area contributed by atoms with Gasteiger partial charge < -0.3 is 5.32 Å². The average molecular weight is 205 g/mol. The number of benzene rings is 1. The second kappa shape index (κ2) is 3.31. The van der Waals surface area contributed by atoms with E-state index in [4.69, 9.17) is 0 Å². The summed E-state index contributed by atoms with van der Waals surface area (Å²) in [6, 6.07) is 7.07. The van der Waals surface area contributed by atoms with Crippen LogP contribution in [0, 0.1) is 17.2 Å². The zero-order valence-electron chi connectivity index (χ0n) is 8.80. The Labute approximate surface area is 89.7 Å². The van der Waals surface area contributed by atoms with Crippen LogP contribution < -0.4 is 5.32 Å². The fraction of sp³-hybridized carbons (Fsp3) is 0.538. The molecule has 2 aliphatic rings. The molecule has 0 amide bonds. The lowest BCUT2D eigenvalue weighted by Gasteiger charge is -2.44. The van der Waals surface area contributed by atoms with E-state index in [0.717, 1.165) is 31.0 Å². The lowest BCUT2D eigenvalue weighted by atomic mass is 9.59. The van der Waals surface area contributed by atoms with Gasteiger partial charge in [-0.1, -0.05) is 12.1 Å². The predicted molar refractivity (Wildman–Crippen MR) is 58.1 cm³/mol. The molecule has 0 spiro atoms. The van der Waals surface area contributed by atoms with Gasteiger partial charge in [0.2, 0.25) is 0 Å². The first kappa shape index (κ1) is 9.34. The summed E-state index contributed by atoms with van der Waals surface area (Å²) < 4.78 is 13.1. The lowest BCUT2D eigenvalue weighted by molar-refractivity contribution is 0.0863. The molecule has 1 heterocycles. The maximum absolute atomic E-state index is 13.1. The van der Waals surface area contributed by atoms with E-state index in [0.29, 0.717) is 5.41 Å². The van der Waals surface area contributed by atoms with Crippen LogP contribution in [0.5, 0.6) is 0 Å². The molecule has 1 N–H and O–H groups in total. The van der Waals surface area contributed by atoms with Crippen LogP contribution in [0.1, 0.15) is 18.4 Å². The van der Waals surface area contributed by atoms with Crippen LogP contribution in [-0.2, 0) is 6.42 Å². The summed E-state index contributed by atoms with van der Waals surface area (Å²) in [5, 5.41) is 3.47. The third kappa shape index (κ3) is 1.48. The minimum atomic E-state index is -0.106. The Balaban J connectivity index is 1.80. The Morgan fingerprint density at radius 3 is 3.07 bits per heavy atom. The minimum Gasteiger partial charge on any atom is -0.316 e. The number of nitrogens with one attached hydrogen (secondary N) is 1. The Kier molecular flexibility index (Phi) is 2.06. The fourth-order valence-corrected chi connectivity index (χ4v) is 3.15. The van der Waals surface area contributed by atoms with Gasteiger partial charge in [0.05, 0.1) is 0 Å². The zero-order valence-corrected chi connectivity index (χ0v) is 8.80. The highest BCUT2D eigenvalue weighted by molar-refractivity contribution is 5.20. The molecule has 1 aliphatic carbocycles. The van der Waals surface area contributed by atoms with E-state index in [1.165, 1.54) is 18.9 Å². The van der Waals surface area contributed by atoms with Crippen LogP contribution in [0.3, 0.4) is 0 Å². The molecule has 1 aliphatic heterocycles. The highest BCUT2D eigenvalue weighted by atomic mass is 19.1. The van der Waals surface area contributed by atoms with Crippen molar-refractivity contribution in [3.8, 4) is 0 Å². The fourth-order valence-electron chi connectivity index (χ4n) is 3.15. The van der Waals surface area contributed by atoms with Crippen molar-refractivity contribution in [2.45, 2.75) is 19.3 Å². The summed E-state index contributed by atoms with van der Waals surface area (Å²) >= 11 is 0. The SMILES string of the molecule is Fc1cccc(CC23CCC2CNC3)c1. The molecule has 1 saturated heterocycles. The van der Waals surface area contributed by atoms with Crippen molar-refractivity contribution in [3.63, 3.8) is 0 Å². The molecule has 15 heavy (non-hydrogen) atoms. The standard InChI is InChI=1S/C13H16FN/c14-12-3-1-2-10(6-12)7-13-5-4-11(13)8-15-9-13/h1-3,6,11,15H,4-5,7-9H2. The Morgan fingerprint density at radius 1 is 1.47 bits per heavy atom. The van der Waals surface area contributed by atoms with Crippen LogP contribution in [-0.4, -0.2) is 13.1 Å². The van der Waals surface area contributed by atoms with E-state index < -0.39 is 0 Å². The molecule has 1 aromatic rings. The Hall–Kier alpha value is -0.890. The number of fused-ring (bicyclic) bond motifs is 1. The van der Waals surface area contributed by atoms with Gasteiger partial charge in [-0.2, -0.15) is 0 Å². The molecule has 2 unspecified atom stereocenters. The minimum absolute atomic E-state index is 0.106. The summed E-state index contributed by atoms with van der Waals surface area (Å²) in [5.41, 5.74) is 1.61. The van der Waals surface area contributed by atoms with E-state index in [-0.39, 0.29) is 5.82 Å². The smallest absolute Gasteiger partial charge is 0.123 e. The highest BCUT2D eigenvalue weighted by Gasteiger charge is 2.49. The molecular formula is C13H16FN. The van der Waals surface area contributed by atoms with Crippen molar-refractivity contribution in [3.05, 3.63) is 35.6 Å². The topological polar surface area (TPSA) is 12.0 Å². The van der Waals surface area contributed by atoms with E-state index in [9.17, 15) is 4.39 Å². The maximum atomic E-state index is 13.1. The van der Waals surface area contributed by atoms with Crippen molar-refractivity contribution in [1.29, 1.82) is 0 Å². The van der Waals surface area contributed by atoms with Gasteiger partial charge >= 0.3 is 0 Å². The molecule has 2 atom stereocenters. The first-order valence-electron chi connectivity index (χ1n) is 5.74. The number of hydrogen-bond donors (Lipinski definition) is 1. The molecule has 2 fully saturated rings. The van der Waals surface area contributed by atoms with Crippen molar-refractivity contribution >= 4 is 0 Å². The van der Waals surface area contributed by atoms with Gasteiger partial charge in [-0.15, -0.1) is 0 Å².